The molecule has 0 aromatic carbocycles. The van der Waals surface area contributed by atoms with E-state index in [0.717, 1.165) is 25.7 Å². The lowest BCUT2D eigenvalue weighted by Gasteiger charge is -2.15. The molecular weight excluding hydrogens is 166 g/mol. The van der Waals surface area contributed by atoms with Crippen molar-refractivity contribution in [3.8, 4) is 0 Å². The Kier molecular flexibility index (Phi) is 2.65. The van der Waals surface area contributed by atoms with E-state index in [2.05, 4.69) is 0 Å². The first kappa shape index (κ1) is 9.42. The molecule has 1 N–H and O–H groups in total. The van der Waals surface area contributed by atoms with Crippen molar-refractivity contribution in [3.05, 3.63) is 0 Å². The minimum atomic E-state index is -3.52. The number of aliphatic carboxylic acids is 1. The first-order chi connectivity index (χ1) is 5.52. The zero-order valence-electron chi connectivity index (χ0n) is 6.72. The van der Waals surface area contributed by atoms with Gasteiger partial charge in [-0.3, -0.25) is 0 Å². The number of alkyl halides is 2. The van der Waals surface area contributed by atoms with Crippen molar-refractivity contribution in [2.45, 2.75) is 38.0 Å². The van der Waals surface area contributed by atoms with Crippen LogP contribution in [0.4, 0.5) is 8.78 Å². The van der Waals surface area contributed by atoms with Crippen LogP contribution in [0.2, 0.25) is 0 Å². The molecule has 0 radical (unpaired) electrons. The maximum absolute atomic E-state index is 12.6. The topological polar surface area (TPSA) is 37.3 Å². The molecule has 0 amide bonds. The zero-order chi connectivity index (χ0) is 9.19. The van der Waals surface area contributed by atoms with Gasteiger partial charge in [-0.25, -0.2) is 4.79 Å². The van der Waals surface area contributed by atoms with Gasteiger partial charge in [-0.05, 0) is 5.92 Å². The molecule has 0 aromatic rings. The number of halogens is 2. The standard InChI is InChI=1S/C8H12F2O2/c9-8(10,7(11)12)5-6-3-1-2-4-6/h6H,1-5H2,(H,11,12). The molecule has 12 heavy (non-hydrogen) atoms. The van der Waals surface area contributed by atoms with Gasteiger partial charge in [-0.15, -0.1) is 0 Å². The second kappa shape index (κ2) is 3.37. The van der Waals surface area contributed by atoms with Gasteiger partial charge in [-0.2, -0.15) is 8.78 Å². The maximum Gasteiger partial charge on any atom is 0.374 e. The van der Waals surface area contributed by atoms with Gasteiger partial charge in [0.2, 0.25) is 0 Å². The van der Waals surface area contributed by atoms with Gasteiger partial charge in [0.1, 0.15) is 0 Å². The van der Waals surface area contributed by atoms with Crippen LogP contribution in [0.3, 0.4) is 0 Å². The first-order valence-corrected chi connectivity index (χ1v) is 4.13. The third-order valence-corrected chi connectivity index (χ3v) is 2.33. The van der Waals surface area contributed by atoms with Crippen molar-refractivity contribution in [1.82, 2.24) is 0 Å². The fraction of sp³-hybridized carbons (Fsp3) is 0.875. The highest BCUT2D eigenvalue weighted by atomic mass is 19.3. The smallest absolute Gasteiger partial charge is 0.374 e. The molecule has 1 saturated carbocycles. The Balaban J connectivity index is 2.42. The molecule has 2 nitrogen and oxygen atoms in total. The van der Waals surface area contributed by atoms with Crippen LogP contribution < -0.4 is 0 Å². The van der Waals surface area contributed by atoms with Crippen LogP contribution in [0.1, 0.15) is 32.1 Å². The molecule has 1 fully saturated rings. The Labute approximate surface area is 69.6 Å². The minimum absolute atomic E-state index is 0.0869. The van der Waals surface area contributed by atoms with E-state index in [1.807, 2.05) is 0 Å². The summed E-state index contributed by atoms with van der Waals surface area (Å²) >= 11 is 0. The van der Waals surface area contributed by atoms with Crippen LogP contribution in [0.15, 0.2) is 0 Å². The minimum Gasteiger partial charge on any atom is -0.477 e. The second-order valence-electron chi connectivity index (χ2n) is 3.36. The molecule has 0 spiro atoms. The molecular formula is C8H12F2O2. The molecule has 0 unspecified atom stereocenters. The van der Waals surface area contributed by atoms with Crippen molar-refractivity contribution in [1.29, 1.82) is 0 Å². The maximum atomic E-state index is 12.6. The lowest BCUT2D eigenvalue weighted by atomic mass is 9.99. The van der Waals surface area contributed by atoms with Crippen LogP contribution in [0, 0.1) is 5.92 Å². The Bertz CT molecular complexity index is 174. The van der Waals surface area contributed by atoms with Crippen molar-refractivity contribution >= 4 is 5.97 Å². The van der Waals surface area contributed by atoms with Gasteiger partial charge in [0.25, 0.3) is 0 Å². The SMILES string of the molecule is O=C(O)C(F)(F)CC1CCCC1. The summed E-state index contributed by atoms with van der Waals surface area (Å²) in [5.41, 5.74) is 0. The van der Waals surface area contributed by atoms with Gasteiger partial charge in [0.15, 0.2) is 0 Å². The predicted molar refractivity (Wildman–Crippen MR) is 39.2 cm³/mol. The first-order valence-electron chi connectivity index (χ1n) is 4.13. The third kappa shape index (κ3) is 2.16. The number of rotatable bonds is 3. The van der Waals surface area contributed by atoms with E-state index >= 15 is 0 Å². The van der Waals surface area contributed by atoms with Crippen LogP contribution in [-0.4, -0.2) is 17.0 Å². The van der Waals surface area contributed by atoms with E-state index in [-0.39, 0.29) is 5.92 Å². The summed E-state index contributed by atoms with van der Waals surface area (Å²) < 4.78 is 25.2. The van der Waals surface area contributed by atoms with Gasteiger partial charge in [-0.1, -0.05) is 25.7 Å². The molecule has 1 aliphatic rings. The molecule has 0 aromatic heterocycles. The number of carboxylic acid groups (broad SMARTS) is 1. The van der Waals surface area contributed by atoms with Crippen molar-refractivity contribution in [3.63, 3.8) is 0 Å². The molecule has 1 rings (SSSR count). The summed E-state index contributed by atoms with van der Waals surface area (Å²) in [5, 5.41) is 8.15. The lowest BCUT2D eigenvalue weighted by molar-refractivity contribution is -0.167. The number of hydrogen-bond donors (Lipinski definition) is 1. The number of hydrogen-bond acceptors (Lipinski definition) is 1. The molecule has 0 atom stereocenters. The van der Waals surface area contributed by atoms with E-state index in [1.165, 1.54) is 0 Å². The van der Waals surface area contributed by atoms with Crippen LogP contribution in [0.5, 0.6) is 0 Å². The van der Waals surface area contributed by atoms with Gasteiger partial charge < -0.3 is 5.11 Å². The Morgan fingerprint density at radius 2 is 1.92 bits per heavy atom. The van der Waals surface area contributed by atoms with Gasteiger partial charge >= 0.3 is 11.9 Å². The fourth-order valence-electron chi connectivity index (χ4n) is 1.66. The molecule has 4 heteroatoms. The predicted octanol–water partition coefficient (Wildman–Crippen LogP) is 2.29. The van der Waals surface area contributed by atoms with E-state index in [0.29, 0.717) is 0 Å². The summed E-state index contributed by atoms with van der Waals surface area (Å²) in [6.07, 6.45) is 2.94. The van der Waals surface area contributed by atoms with E-state index in [4.69, 9.17) is 5.11 Å². The Morgan fingerprint density at radius 3 is 2.33 bits per heavy atom. The summed E-state index contributed by atoms with van der Waals surface area (Å²) in [4.78, 5) is 10.1. The normalized spacial score (nSPS) is 19.8. The van der Waals surface area contributed by atoms with Gasteiger partial charge in [0.05, 0.1) is 0 Å². The Hall–Kier alpha value is -0.670. The second-order valence-corrected chi connectivity index (χ2v) is 3.36. The monoisotopic (exact) mass is 178 g/mol. The number of carbonyl (C=O) groups is 1. The molecule has 0 bridgehead atoms. The average Bonchev–Trinajstić information content (AvgIpc) is 2.38. The van der Waals surface area contributed by atoms with Crippen LogP contribution in [0.25, 0.3) is 0 Å². The highest BCUT2D eigenvalue weighted by molar-refractivity contribution is 5.75. The quantitative estimate of drug-likeness (QED) is 0.719. The third-order valence-electron chi connectivity index (χ3n) is 2.33. The zero-order valence-corrected chi connectivity index (χ0v) is 6.72. The number of carboxylic acids is 1. The van der Waals surface area contributed by atoms with Crippen molar-refractivity contribution < 1.29 is 18.7 Å². The molecule has 70 valence electrons. The highest BCUT2D eigenvalue weighted by Crippen LogP contribution is 2.34. The fourth-order valence-corrected chi connectivity index (χ4v) is 1.66. The largest absolute Gasteiger partial charge is 0.477 e. The Morgan fingerprint density at radius 1 is 1.42 bits per heavy atom. The van der Waals surface area contributed by atoms with Crippen LogP contribution >= 0.6 is 0 Å². The van der Waals surface area contributed by atoms with E-state index in [9.17, 15) is 13.6 Å². The highest BCUT2D eigenvalue weighted by Gasteiger charge is 2.41. The lowest BCUT2D eigenvalue weighted by Crippen LogP contribution is -2.30. The molecule has 0 heterocycles. The van der Waals surface area contributed by atoms with Crippen molar-refractivity contribution in [2.24, 2.45) is 5.92 Å². The molecule has 1 aliphatic carbocycles. The summed E-state index contributed by atoms with van der Waals surface area (Å²) in [7, 11) is 0. The molecule has 0 saturated heterocycles. The summed E-state index contributed by atoms with van der Waals surface area (Å²) in [6, 6.07) is 0. The average molecular weight is 178 g/mol. The van der Waals surface area contributed by atoms with E-state index < -0.39 is 18.3 Å². The van der Waals surface area contributed by atoms with Crippen molar-refractivity contribution in [2.75, 3.05) is 0 Å². The van der Waals surface area contributed by atoms with Gasteiger partial charge in [0, 0.05) is 6.42 Å². The van der Waals surface area contributed by atoms with E-state index in [1.54, 1.807) is 0 Å². The summed E-state index contributed by atoms with van der Waals surface area (Å²) in [6.45, 7) is 0. The van der Waals surface area contributed by atoms with Crippen LogP contribution in [-0.2, 0) is 4.79 Å². The summed E-state index contributed by atoms with van der Waals surface area (Å²) in [5.74, 6) is -5.60. The molecule has 0 aliphatic heterocycles.